The minimum absolute atomic E-state index is 0.0186. The first-order valence-corrected chi connectivity index (χ1v) is 6.26. The number of amides is 1. The number of hydrogen-bond acceptors (Lipinski definition) is 2. The lowest BCUT2D eigenvalue weighted by Gasteiger charge is -2.22. The fourth-order valence-corrected chi connectivity index (χ4v) is 1.88. The quantitative estimate of drug-likeness (QED) is 0.837. The predicted molar refractivity (Wildman–Crippen MR) is 71.6 cm³/mol. The summed E-state index contributed by atoms with van der Waals surface area (Å²) in [5.41, 5.74) is 1.41. The van der Waals surface area contributed by atoms with Gasteiger partial charge < -0.3 is 4.90 Å². The van der Waals surface area contributed by atoms with Crippen LogP contribution >= 0.6 is 0 Å². The Morgan fingerprint density at radius 1 is 1.47 bits per heavy atom. The predicted octanol–water partition coefficient (Wildman–Crippen LogP) is 2.89. The van der Waals surface area contributed by atoms with Gasteiger partial charge in [-0.05, 0) is 30.0 Å². The molecular formula is C15H19FN2O. The Balaban J connectivity index is 2.79. The summed E-state index contributed by atoms with van der Waals surface area (Å²) in [4.78, 5) is 13.6. The van der Waals surface area contributed by atoms with Crippen LogP contribution in [0.2, 0.25) is 0 Å². The molecule has 1 aromatic rings. The zero-order valence-corrected chi connectivity index (χ0v) is 11.8. The van der Waals surface area contributed by atoms with E-state index >= 15 is 0 Å². The van der Waals surface area contributed by atoms with Crippen LogP contribution in [0.3, 0.4) is 0 Å². The van der Waals surface area contributed by atoms with Gasteiger partial charge in [0, 0.05) is 13.6 Å². The number of hydrogen-bond donors (Lipinski definition) is 0. The maximum atomic E-state index is 13.2. The molecule has 0 saturated carbocycles. The molecule has 0 fully saturated rings. The van der Waals surface area contributed by atoms with Gasteiger partial charge in [0.15, 0.2) is 0 Å². The van der Waals surface area contributed by atoms with Gasteiger partial charge >= 0.3 is 0 Å². The van der Waals surface area contributed by atoms with Crippen molar-refractivity contribution in [2.24, 2.45) is 11.8 Å². The fourth-order valence-electron chi connectivity index (χ4n) is 1.88. The number of nitrogens with zero attached hydrogens (tertiary/aromatic N) is 2. The average Bonchev–Trinajstić information content (AvgIpc) is 2.34. The fraction of sp³-hybridized carbons (Fsp3) is 0.467. The van der Waals surface area contributed by atoms with Gasteiger partial charge in [-0.25, -0.2) is 4.39 Å². The third-order valence-corrected chi connectivity index (χ3v) is 3.09. The van der Waals surface area contributed by atoms with E-state index in [0.717, 1.165) is 5.56 Å². The van der Waals surface area contributed by atoms with Gasteiger partial charge in [0.2, 0.25) is 5.91 Å². The monoisotopic (exact) mass is 262 g/mol. The highest BCUT2D eigenvalue weighted by Gasteiger charge is 2.24. The first-order chi connectivity index (χ1) is 8.86. The van der Waals surface area contributed by atoms with E-state index in [1.54, 1.807) is 26.1 Å². The molecule has 1 unspecified atom stereocenters. The van der Waals surface area contributed by atoms with Crippen molar-refractivity contribution in [3.8, 4) is 6.07 Å². The maximum absolute atomic E-state index is 13.2. The second kappa shape index (κ2) is 6.33. The highest BCUT2D eigenvalue weighted by atomic mass is 19.1. The van der Waals surface area contributed by atoms with Crippen molar-refractivity contribution in [1.82, 2.24) is 4.90 Å². The Bertz CT molecular complexity index is 505. The number of benzene rings is 1. The molecule has 0 bridgehead atoms. The lowest BCUT2D eigenvalue weighted by molar-refractivity contribution is -0.134. The third-order valence-electron chi connectivity index (χ3n) is 3.09. The molecule has 0 radical (unpaired) electrons. The number of halogens is 1. The van der Waals surface area contributed by atoms with Crippen LogP contribution in [0.5, 0.6) is 0 Å². The molecule has 0 aliphatic rings. The Kier molecular flexibility index (Phi) is 5.05. The van der Waals surface area contributed by atoms with Crippen LogP contribution < -0.4 is 0 Å². The number of aryl methyl sites for hydroxylation is 1. The molecule has 1 amide bonds. The maximum Gasteiger partial charge on any atom is 0.240 e. The smallest absolute Gasteiger partial charge is 0.240 e. The van der Waals surface area contributed by atoms with Gasteiger partial charge in [-0.2, -0.15) is 5.26 Å². The Morgan fingerprint density at radius 3 is 2.58 bits per heavy atom. The molecule has 102 valence electrons. The van der Waals surface area contributed by atoms with Gasteiger partial charge in [-0.1, -0.05) is 26.0 Å². The molecule has 0 saturated heterocycles. The first kappa shape index (κ1) is 15.2. The normalized spacial score (nSPS) is 12.1. The number of rotatable bonds is 4. The van der Waals surface area contributed by atoms with E-state index in [-0.39, 0.29) is 17.6 Å². The summed E-state index contributed by atoms with van der Waals surface area (Å²) in [5.74, 6) is -1.10. The van der Waals surface area contributed by atoms with E-state index in [1.165, 1.54) is 11.0 Å². The van der Waals surface area contributed by atoms with Crippen molar-refractivity contribution in [2.45, 2.75) is 27.3 Å². The molecule has 19 heavy (non-hydrogen) atoms. The van der Waals surface area contributed by atoms with Gasteiger partial charge in [0.1, 0.15) is 11.7 Å². The van der Waals surface area contributed by atoms with Crippen molar-refractivity contribution in [3.63, 3.8) is 0 Å². The van der Waals surface area contributed by atoms with Crippen molar-refractivity contribution >= 4 is 5.91 Å². The summed E-state index contributed by atoms with van der Waals surface area (Å²) in [5, 5.41) is 9.02. The van der Waals surface area contributed by atoms with Crippen LogP contribution in [0.15, 0.2) is 18.2 Å². The van der Waals surface area contributed by atoms with Crippen LogP contribution in [0.4, 0.5) is 4.39 Å². The van der Waals surface area contributed by atoms with E-state index in [1.807, 2.05) is 19.9 Å². The summed E-state index contributed by atoms with van der Waals surface area (Å²) in [6.07, 6.45) is 0. The molecule has 0 aromatic heterocycles. The average molecular weight is 262 g/mol. The van der Waals surface area contributed by atoms with Crippen LogP contribution in [0.1, 0.15) is 25.0 Å². The first-order valence-electron chi connectivity index (χ1n) is 6.26. The topological polar surface area (TPSA) is 44.1 Å². The van der Waals surface area contributed by atoms with Crippen molar-refractivity contribution in [3.05, 3.63) is 35.1 Å². The van der Waals surface area contributed by atoms with E-state index < -0.39 is 5.92 Å². The molecule has 1 atom stereocenters. The molecule has 3 nitrogen and oxygen atoms in total. The highest BCUT2D eigenvalue weighted by molar-refractivity contribution is 5.81. The zero-order chi connectivity index (χ0) is 14.6. The largest absolute Gasteiger partial charge is 0.340 e. The SMILES string of the molecule is Cc1cc(CN(C)C(=O)C(C#N)C(C)C)ccc1F. The molecule has 4 heteroatoms. The van der Waals surface area contributed by atoms with Crippen LogP contribution in [0, 0.1) is 35.9 Å². The Hall–Kier alpha value is -1.89. The van der Waals surface area contributed by atoms with Gasteiger partial charge in [-0.15, -0.1) is 0 Å². The van der Waals surface area contributed by atoms with Crippen LogP contribution in [0.25, 0.3) is 0 Å². The van der Waals surface area contributed by atoms with Crippen molar-refractivity contribution < 1.29 is 9.18 Å². The molecule has 0 aliphatic carbocycles. The molecule has 1 rings (SSSR count). The number of carbonyl (C=O) groups is 1. The van der Waals surface area contributed by atoms with Crippen LogP contribution in [-0.4, -0.2) is 17.9 Å². The lowest BCUT2D eigenvalue weighted by atomic mass is 9.96. The molecule has 0 N–H and O–H groups in total. The van der Waals surface area contributed by atoms with Crippen molar-refractivity contribution in [1.29, 1.82) is 5.26 Å². The van der Waals surface area contributed by atoms with Gasteiger partial charge in [0.05, 0.1) is 6.07 Å². The molecular weight excluding hydrogens is 243 g/mol. The standard InChI is InChI=1S/C15H19FN2O/c1-10(2)13(8-17)15(19)18(4)9-12-5-6-14(16)11(3)7-12/h5-7,10,13H,9H2,1-4H3. The molecule has 0 aliphatic heterocycles. The summed E-state index contributed by atoms with van der Waals surface area (Å²) >= 11 is 0. The van der Waals surface area contributed by atoms with E-state index in [4.69, 9.17) is 5.26 Å². The van der Waals surface area contributed by atoms with E-state index in [2.05, 4.69) is 0 Å². The Morgan fingerprint density at radius 2 is 2.11 bits per heavy atom. The number of carbonyl (C=O) groups excluding carboxylic acids is 1. The second-order valence-corrected chi connectivity index (χ2v) is 5.13. The van der Waals surface area contributed by atoms with Gasteiger partial charge in [0.25, 0.3) is 0 Å². The Labute approximate surface area is 113 Å². The van der Waals surface area contributed by atoms with Crippen LogP contribution in [-0.2, 0) is 11.3 Å². The minimum atomic E-state index is -0.633. The zero-order valence-electron chi connectivity index (χ0n) is 11.8. The summed E-state index contributed by atoms with van der Waals surface area (Å²) < 4.78 is 13.2. The second-order valence-electron chi connectivity index (χ2n) is 5.13. The molecule has 0 heterocycles. The molecule has 1 aromatic carbocycles. The number of nitriles is 1. The lowest BCUT2D eigenvalue weighted by Crippen LogP contribution is -2.34. The van der Waals surface area contributed by atoms with Crippen molar-refractivity contribution in [2.75, 3.05) is 7.05 Å². The highest BCUT2D eigenvalue weighted by Crippen LogP contribution is 2.16. The summed E-state index contributed by atoms with van der Waals surface area (Å²) in [7, 11) is 1.66. The summed E-state index contributed by atoms with van der Waals surface area (Å²) in [6, 6.07) is 6.81. The third kappa shape index (κ3) is 3.78. The molecule has 0 spiro atoms. The van der Waals surface area contributed by atoms with Gasteiger partial charge in [-0.3, -0.25) is 4.79 Å². The minimum Gasteiger partial charge on any atom is -0.340 e. The van der Waals surface area contributed by atoms with E-state index in [9.17, 15) is 9.18 Å². The summed E-state index contributed by atoms with van der Waals surface area (Å²) in [6.45, 7) is 5.76. The van der Waals surface area contributed by atoms with E-state index in [0.29, 0.717) is 12.1 Å².